The highest BCUT2D eigenvalue weighted by Crippen LogP contribution is 2.33. The highest BCUT2D eigenvalue weighted by Gasteiger charge is 2.09. The molecule has 0 aliphatic rings. The molecule has 3 rings (SSSR count). The quantitative estimate of drug-likeness (QED) is 0.672. The summed E-state index contributed by atoms with van der Waals surface area (Å²) in [4.78, 5) is 4.24. The summed E-state index contributed by atoms with van der Waals surface area (Å²) in [5, 5.41) is 1.20. The van der Waals surface area contributed by atoms with Crippen LogP contribution < -0.4 is 5.73 Å². The number of rotatable bonds is 1. The highest BCUT2D eigenvalue weighted by atomic mass is 35.5. The molecule has 1 aromatic heterocycles. The van der Waals surface area contributed by atoms with E-state index >= 15 is 0 Å². The van der Waals surface area contributed by atoms with Gasteiger partial charge in [0.05, 0.1) is 16.2 Å². The molecule has 0 bridgehead atoms. The average molecular weight is 273 g/mol. The number of nitrogens with zero attached hydrogens (tertiary/aromatic N) is 1. The minimum atomic E-state index is -0.402. The fourth-order valence-electron chi connectivity index (χ4n) is 2.07. The fraction of sp³-hybridized carbons (Fsp3) is 0. The molecule has 94 valence electrons. The number of aromatic nitrogens is 1. The van der Waals surface area contributed by atoms with Gasteiger partial charge in [-0.15, -0.1) is 0 Å². The standard InChI is InChI=1S/C15H10ClFN2/c16-13-8-11(17)7-12(15(13)18)9-3-4-14-10(6-9)2-1-5-19-14/h1-8H,18H2. The van der Waals surface area contributed by atoms with E-state index in [-0.39, 0.29) is 5.02 Å². The molecule has 0 spiro atoms. The van der Waals surface area contributed by atoms with Gasteiger partial charge in [-0.25, -0.2) is 4.39 Å². The number of pyridine rings is 1. The number of benzene rings is 2. The van der Waals surface area contributed by atoms with Crippen LogP contribution in [-0.2, 0) is 0 Å². The Morgan fingerprint density at radius 2 is 1.95 bits per heavy atom. The van der Waals surface area contributed by atoms with Crippen molar-refractivity contribution in [3.05, 3.63) is 59.5 Å². The first-order valence-corrected chi connectivity index (χ1v) is 6.12. The van der Waals surface area contributed by atoms with Gasteiger partial charge in [-0.2, -0.15) is 0 Å². The van der Waals surface area contributed by atoms with Crippen LogP contribution in [0.4, 0.5) is 10.1 Å². The van der Waals surface area contributed by atoms with Gasteiger partial charge in [0, 0.05) is 17.1 Å². The van der Waals surface area contributed by atoms with Crippen LogP contribution in [0.15, 0.2) is 48.7 Å². The maximum Gasteiger partial charge on any atom is 0.125 e. The normalized spacial score (nSPS) is 10.8. The Bertz CT molecular complexity index is 771. The zero-order valence-electron chi connectivity index (χ0n) is 9.90. The van der Waals surface area contributed by atoms with Crippen LogP contribution in [0.5, 0.6) is 0 Å². The molecule has 0 saturated heterocycles. The van der Waals surface area contributed by atoms with Gasteiger partial charge < -0.3 is 5.73 Å². The number of nitrogen functional groups attached to an aromatic ring is 1. The lowest BCUT2D eigenvalue weighted by atomic mass is 10.0. The summed E-state index contributed by atoms with van der Waals surface area (Å²) < 4.78 is 13.5. The molecule has 0 amide bonds. The summed E-state index contributed by atoms with van der Waals surface area (Å²) in [5.74, 6) is -0.402. The average Bonchev–Trinajstić information content (AvgIpc) is 2.42. The van der Waals surface area contributed by atoms with Crippen molar-refractivity contribution < 1.29 is 4.39 Å². The summed E-state index contributed by atoms with van der Waals surface area (Å²) >= 11 is 5.91. The lowest BCUT2D eigenvalue weighted by molar-refractivity contribution is 0.628. The first kappa shape index (κ1) is 11.9. The molecule has 19 heavy (non-hydrogen) atoms. The third-order valence-electron chi connectivity index (χ3n) is 3.01. The third-order valence-corrected chi connectivity index (χ3v) is 3.32. The van der Waals surface area contributed by atoms with Crippen molar-refractivity contribution in [2.45, 2.75) is 0 Å². The number of anilines is 1. The second-order valence-electron chi connectivity index (χ2n) is 4.26. The molecular weight excluding hydrogens is 263 g/mol. The molecule has 0 saturated carbocycles. The minimum absolute atomic E-state index is 0.223. The number of hydrogen-bond donors (Lipinski definition) is 1. The first-order chi connectivity index (χ1) is 9.15. The van der Waals surface area contributed by atoms with E-state index in [0.29, 0.717) is 11.3 Å². The van der Waals surface area contributed by atoms with Crippen molar-refractivity contribution in [1.82, 2.24) is 4.98 Å². The van der Waals surface area contributed by atoms with E-state index < -0.39 is 5.82 Å². The smallest absolute Gasteiger partial charge is 0.125 e. The van der Waals surface area contributed by atoms with Gasteiger partial charge >= 0.3 is 0 Å². The van der Waals surface area contributed by atoms with Crippen LogP contribution in [0.2, 0.25) is 5.02 Å². The Morgan fingerprint density at radius 1 is 1.11 bits per heavy atom. The minimum Gasteiger partial charge on any atom is -0.397 e. The largest absolute Gasteiger partial charge is 0.397 e. The molecule has 2 N–H and O–H groups in total. The van der Waals surface area contributed by atoms with Crippen molar-refractivity contribution >= 4 is 28.2 Å². The van der Waals surface area contributed by atoms with Gasteiger partial charge in [-0.05, 0) is 35.9 Å². The second-order valence-corrected chi connectivity index (χ2v) is 4.67. The Morgan fingerprint density at radius 3 is 2.79 bits per heavy atom. The van der Waals surface area contributed by atoms with E-state index in [1.165, 1.54) is 12.1 Å². The molecule has 2 aromatic carbocycles. The molecule has 0 atom stereocenters. The van der Waals surface area contributed by atoms with E-state index in [0.717, 1.165) is 16.5 Å². The zero-order chi connectivity index (χ0) is 13.4. The Balaban J connectivity index is 2.24. The predicted octanol–water partition coefficient (Wildman–Crippen LogP) is 4.28. The number of nitrogens with two attached hydrogens (primary N) is 1. The lowest BCUT2D eigenvalue weighted by Gasteiger charge is -2.09. The summed E-state index contributed by atoms with van der Waals surface area (Å²) in [6.45, 7) is 0. The predicted molar refractivity (Wildman–Crippen MR) is 76.6 cm³/mol. The summed E-state index contributed by atoms with van der Waals surface area (Å²) in [6, 6.07) is 12.1. The Kier molecular flexibility index (Phi) is 2.84. The number of hydrogen-bond acceptors (Lipinski definition) is 2. The summed E-state index contributed by atoms with van der Waals surface area (Å²) in [5.41, 5.74) is 8.59. The maximum atomic E-state index is 13.5. The monoisotopic (exact) mass is 272 g/mol. The van der Waals surface area contributed by atoms with E-state index in [4.69, 9.17) is 17.3 Å². The Labute approximate surface area is 114 Å². The number of fused-ring (bicyclic) bond motifs is 1. The highest BCUT2D eigenvalue weighted by molar-refractivity contribution is 6.33. The second kappa shape index (κ2) is 4.52. The van der Waals surface area contributed by atoms with E-state index in [1.807, 2.05) is 30.3 Å². The van der Waals surface area contributed by atoms with Crippen LogP contribution in [0, 0.1) is 5.82 Å². The summed E-state index contributed by atoms with van der Waals surface area (Å²) in [6.07, 6.45) is 1.73. The van der Waals surface area contributed by atoms with Gasteiger partial charge in [0.1, 0.15) is 5.82 Å². The summed E-state index contributed by atoms with van der Waals surface area (Å²) in [7, 11) is 0. The maximum absolute atomic E-state index is 13.5. The van der Waals surface area contributed by atoms with Gasteiger partial charge in [-0.3, -0.25) is 4.98 Å². The van der Waals surface area contributed by atoms with E-state index in [1.54, 1.807) is 6.20 Å². The number of halogens is 2. The molecule has 2 nitrogen and oxygen atoms in total. The molecular formula is C15H10ClFN2. The van der Waals surface area contributed by atoms with E-state index in [9.17, 15) is 4.39 Å². The van der Waals surface area contributed by atoms with Crippen LogP contribution >= 0.6 is 11.6 Å². The van der Waals surface area contributed by atoms with Gasteiger partial charge in [-0.1, -0.05) is 23.7 Å². The molecule has 1 heterocycles. The van der Waals surface area contributed by atoms with E-state index in [2.05, 4.69) is 4.98 Å². The van der Waals surface area contributed by atoms with Gasteiger partial charge in [0.25, 0.3) is 0 Å². The molecule has 3 aromatic rings. The Hall–Kier alpha value is -2.13. The van der Waals surface area contributed by atoms with Gasteiger partial charge in [0.2, 0.25) is 0 Å². The first-order valence-electron chi connectivity index (χ1n) is 5.75. The molecule has 0 aliphatic carbocycles. The lowest BCUT2D eigenvalue weighted by Crippen LogP contribution is -1.93. The fourth-order valence-corrected chi connectivity index (χ4v) is 2.27. The van der Waals surface area contributed by atoms with Crippen molar-refractivity contribution in [3.8, 4) is 11.1 Å². The topological polar surface area (TPSA) is 38.9 Å². The zero-order valence-corrected chi connectivity index (χ0v) is 10.7. The van der Waals surface area contributed by atoms with Crippen LogP contribution in [-0.4, -0.2) is 4.98 Å². The molecule has 0 radical (unpaired) electrons. The van der Waals surface area contributed by atoms with Crippen molar-refractivity contribution in [2.75, 3.05) is 5.73 Å². The van der Waals surface area contributed by atoms with Crippen LogP contribution in [0.1, 0.15) is 0 Å². The van der Waals surface area contributed by atoms with Crippen LogP contribution in [0.3, 0.4) is 0 Å². The van der Waals surface area contributed by atoms with Crippen molar-refractivity contribution in [3.63, 3.8) is 0 Å². The van der Waals surface area contributed by atoms with Crippen molar-refractivity contribution in [2.24, 2.45) is 0 Å². The molecule has 0 aliphatic heterocycles. The third kappa shape index (κ3) is 2.13. The van der Waals surface area contributed by atoms with Crippen LogP contribution in [0.25, 0.3) is 22.0 Å². The molecule has 0 unspecified atom stereocenters. The van der Waals surface area contributed by atoms with Gasteiger partial charge in [0.15, 0.2) is 0 Å². The van der Waals surface area contributed by atoms with Crippen molar-refractivity contribution in [1.29, 1.82) is 0 Å². The SMILES string of the molecule is Nc1c(Cl)cc(F)cc1-c1ccc2ncccc2c1. The molecule has 4 heteroatoms. The molecule has 0 fully saturated rings.